The molecule has 0 aliphatic carbocycles. The minimum absolute atomic E-state index is 0.0917. The lowest BCUT2D eigenvalue weighted by Gasteiger charge is -2.34. The van der Waals surface area contributed by atoms with E-state index in [0.29, 0.717) is 11.1 Å². The van der Waals surface area contributed by atoms with Crippen molar-refractivity contribution in [1.29, 1.82) is 0 Å². The minimum atomic E-state index is -3.87. The Labute approximate surface area is 162 Å². The summed E-state index contributed by atoms with van der Waals surface area (Å²) >= 11 is 0. The van der Waals surface area contributed by atoms with Crippen LogP contribution in [0.25, 0.3) is 0 Å². The number of phenols is 1. The fourth-order valence-electron chi connectivity index (χ4n) is 3.01. The average Bonchev–Trinajstić information content (AvgIpc) is 2.69. The highest BCUT2D eigenvalue weighted by Crippen LogP contribution is 2.27. The zero-order chi connectivity index (χ0) is 20.5. The molecule has 0 spiro atoms. The van der Waals surface area contributed by atoms with Gasteiger partial charge in [-0.3, -0.25) is 14.9 Å². The van der Waals surface area contributed by atoms with E-state index in [2.05, 4.69) is 0 Å². The number of piperazine rings is 1. The number of non-ortho nitro benzene ring substituents is 1. The van der Waals surface area contributed by atoms with Crippen LogP contribution >= 0.6 is 0 Å². The molecule has 0 aromatic heterocycles. The van der Waals surface area contributed by atoms with Crippen molar-refractivity contribution in [3.63, 3.8) is 0 Å². The van der Waals surface area contributed by atoms with E-state index in [4.69, 9.17) is 0 Å². The van der Waals surface area contributed by atoms with Crippen LogP contribution in [0.3, 0.4) is 0 Å². The number of benzene rings is 2. The van der Waals surface area contributed by atoms with E-state index in [1.54, 1.807) is 13.0 Å². The first-order valence-corrected chi connectivity index (χ1v) is 9.97. The molecule has 28 heavy (non-hydrogen) atoms. The van der Waals surface area contributed by atoms with Crippen molar-refractivity contribution in [2.24, 2.45) is 0 Å². The van der Waals surface area contributed by atoms with E-state index in [1.165, 1.54) is 45.6 Å². The number of nitrogens with zero attached hydrogens (tertiary/aromatic N) is 3. The van der Waals surface area contributed by atoms with Crippen molar-refractivity contribution in [2.75, 3.05) is 26.2 Å². The lowest BCUT2D eigenvalue weighted by Crippen LogP contribution is -2.50. The Hall–Kier alpha value is -2.98. The second-order valence-corrected chi connectivity index (χ2v) is 8.38. The Bertz CT molecular complexity index is 1010. The molecule has 0 radical (unpaired) electrons. The highest BCUT2D eigenvalue weighted by Gasteiger charge is 2.32. The summed E-state index contributed by atoms with van der Waals surface area (Å²) < 4.78 is 26.9. The fourth-order valence-corrected chi connectivity index (χ4v) is 4.60. The molecule has 0 saturated carbocycles. The molecular weight excluding hydrogens is 386 g/mol. The number of carbonyl (C=O) groups is 1. The summed E-state index contributed by atoms with van der Waals surface area (Å²) in [6.07, 6.45) is 0. The number of nitro groups is 1. The first kappa shape index (κ1) is 19.8. The standard InChI is InChI=1S/C18H19N3O6S/c1-13-2-7-16(22)17(12-13)28(26,27)20-10-8-19(9-11-20)18(23)14-3-5-15(6-4-14)21(24)25/h2-7,12,22H,8-11H2,1H3. The van der Waals surface area contributed by atoms with Crippen LogP contribution in [-0.4, -0.2) is 59.7 Å². The molecule has 1 amide bonds. The quantitative estimate of drug-likeness (QED) is 0.611. The summed E-state index contributed by atoms with van der Waals surface area (Å²) in [5.41, 5.74) is 0.909. The Balaban J connectivity index is 1.70. The number of carbonyl (C=O) groups excluding carboxylic acids is 1. The minimum Gasteiger partial charge on any atom is -0.507 e. The summed E-state index contributed by atoms with van der Waals surface area (Å²) in [6.45, 7) is 2.28. The van der Waals surface area contributed by atoms with Gasteiger partial charge in [0, 0.05) is 43.9 Å². The van der Waals surface area contributed by atoms with Gasteiger partial charge in [0.05, 0.1) is 4.92 Å². The maximum atomic E-state index is 12.8. The lowest BCUT2D eigenvalue weighted by molar-refractivity contribution is -0.384. The molecular formula is C18H19N3O6S. The van der Waals surface area contributed by atoms with Crippen molar-refractivity contribution < 1.29 is 23.2 Å². The van der Waals surface area contributed by atoms with E-state index < -0.39 is 14.9 Å². The Morgan fingerprint density at radius 2 is 1.68 bits per heavy atom. The molecule has 1 saturated heterocycles. The van der Waals surface area contributed by atoms with E-state index in [1.807, 2.05) is 0 Å². The molecule has 1 aliphatic rings. The first-order chi connectivity index (χ1) is 13.2. The second-order valence-electron chi connectivity index (χ2n) is 6.47. The van der Waals surface area contributed by atoms with Gasteiger partial charge in [-0.1, -0.05) is 6.07 Å². The molecule has 1 N–H and O–H groups in total. The van der Waals surface area contributed by atoms with Crippen LogP contribution in [0.4, 0.5) is 5.69 Å². The number of phenolic OH excluding ortho intramolecular Hbond substituents is 1. The van der Waals surface area contributed by atoms with E-state index in [-0.39, 0.29) is 48.4 Å². The van der Waals surface area contributed by atoms with Crippen molar-refractivity contribution >= 4 is 21.6 Å². The third kappa shape index (κ3) is 3.82. The van der Waals surface area contributed by atoms with Crippen LogP contribution in [-0.2, 0) is 10.0 Å². The molecule has 2 aromatic carbocycles. The largest absolute Gasteiger partial charge is 0.507 e. The summed E-state index contributed by atoms with van der Waals surface area (Å²) in [6, 6.07) is 9.66. The molecule has 1 heterocycles. The summed E-state index contributed by atoms with van der Waals surface area (Å²) in [5, 5.41) is 20.6. The van der Waals surface area contributed by atoms with Crippen LogP contribution in [0.2, 0.25) is 0 Å². The number of aryl methyl sites for hydroxylation is 1. The van der Waals surface area contributed by atoms with Crippen LogP contribution < -0.4 is 0 Å². The highest BCUT2D eigenvalue weighted by molar-refractivity contribution is 7.89. The van der Waals surface area contributed by atoms with Gasteiger partial charge in [-0.25, -0.2) is 8.42 Å². The van der Waals surface area contributed by atoms with Gasteiger partial charge in [0.1, 0.15) is 10.6 Å². The zero-order valence-electron chi connectivity index (χ0n) is 15.1. The van der Waals surface area contributed by atoms with E-state index in [0.717, 1.165) is 0 Å². The van der Waals surface area contributed by atoms with E-state index in [9.17, 15) is 28.4 Å². The van der Waals surface area contributed by atoms with Gasteiger partial charge in [0.25, 0.3) is 11.6 Å². The fraction of sp³-hybridized carbons (Fsp3) is 0.278. The van der Waals surface area contributed by atoms with Gasteiger partial charge in [-0.15, -0.1) is 0 Å². The van der Waals surface area contributed by atoms with Crippen molar-refractivity contribution in [2.45, 2.75) is 11.8 Å². The van der Waals surface area contributed by atoms with Crippen molar-refractivity contribution in [3.05, 3.63) is 63.7 Å². The van der Waals surface area contributed by atoms with Gasteiger partial charge in [0.2, 0.25) is 10.0 Å². The molecule has 0 unspecified atom stereocenters. The molecule has 2 aromatic rings. The number of nitro benzene ring substituents is 1. The lowest BCUT2D eigenvalue weighted by atomic mass is 10.1. The van der Waals surface area contributed by atoms with Crippen LogP contribution in [0.5, 0.6) is 5.75 Å². The number of aromatic hydroxyl groups is 1. The zero-order valence-corrected chi connectivity index (χ0v) is 15.9. The monoisotopic (exact) mass is 405 g/mol. The Morgan fingerprint density at radius 3 is 2.25 bits per heavy atom. The molecule has 1 aliphatic heterocycles. The number of amides is 1. The summed E-state index contributed by atoms with van der Waals surface area (Å²) in [4.78, 5) is 24.1. The molecule has 0 atom stereocenters. The first-order valence-electron chi connectivity index (χ1n) is 8.53. The summed E-state index contributed by atoms with van der Waals surface area (Å²) in [7, 11) is -3.87. The molecule has 3 rings (SSSR count). The average molecular weight is 405 g/mol. The van der Waals surface area contributed by atoms with Gasteiger partial charge in [-0.2, -0.15) is 4.31 Å². The van der Waals surface area contributed by atoms with Gasteiger partial charge in [-0.05, 0) is 36.8 Å². The predicted molar refractivity (Wildman–Crippen MR) is 101 cm³/mol. The maximum absolute atomic E-state index is 12.8. The molecule has 148 valence electrons. The van der Waals surface area contributed by atoms with E-state index >= 15 is 0 Å². The van der Waals surface area contributed by atoms with Crippen LogP contribution in [0.15, 0.2) is 47.4 Å². The number of hydrogen-bond acceptors (Lipinski definition) is 6. The molecule has 1 fully saturated rings. The number of rotatable bonds is 4. The third-order valence-electron chi connectivity index (χ3n) is 4.58. The van der Waals surface area contributed by atoms with Crippen LogP contribution in [0.1, 0.15) is 15.9 Å². The predicted octanol–water partition coefficient (Wildman–Crippen LogP) is 1.76. The smallest absolute Gasteiger partial charge is 0.269 e. The van der Waals surface area contributed by atoms with Crippen LogP contribution in [0, 0.1) is 17.0 Å². The molecule has 0 bridgehead atoms. The molecule has 10 heteroatoms. The Kier molecular flexibility index (Phi) is 5.34. The van der Waals surface area contributed by atoms with Gasteiger partial charge >= 0.3 is 0 Å². The van der Waals surface area contributed by atoms with Gasteiger partial charge < -0.3 is 10.0 Å². The topological polar surface area (TPSA) is 121 Å². The maximum Gasteiger partial charge on any atom is 0.269 e. The highest BCUT2D eigenvalue weighted by atomic mass is 32.2. The number of sulfonamides is 1. The Morgan fingerprint density at radius 1 is 1.07 bits per heavy atom. The molecule has 9 nitrogen and oxygen atoms in total. The number of hydrogen-bond donors (Lipinski definition) is 1. The second kappa shape index (κ2) is 7.56. The summed E-state index contributed by atoms with van der Waals surface area (Å²) in [5.74, 6) is -0.625. The third-order valence-corrected chi connectivity index (χ3v) is 6.51. The normalized spacial score (nSPS) is 15.4. The van der Waals surface area contributed by atoms with Crippen molar-refractivity contribution in [3.8, 4) is 5.75 Å². The van der Waals surface area contributed by atoms with Gasteiger partial charge in [0.15, 0.2) is 0 Å². The SMILES string of the molecule is Cc1ccc(O)c(S(=O)(=O)N2CCN(C(=O)c3ccc([N+](=O)[O-])cc3)CC2)c1. The van der Waals surface area contributed by atoms with Crippen molar-refractivity contribution in [1.82, 2.24) is 9.21 Å².